The maximum Gasteiger partial charge on any atom is 0.231 e. The Bertz CT molecular complexity index is 865. The van der Waals surface area contributed by atoms with Crippen LogP contribution in [0.3, 0.4) is 0 Å². The predicted octanol–water partition coefficient (Wildman–Crippen LogP) is 4.39. The second-order valence-electron chi connectivity index (χ2n) is 4.63. The van der Waals surface area contributed by atoms with Gasteiger partial charge in [0.15, 0.2) is 17.4 Å². The van der Waals surface area contributed by atoms with E-state index in [2.05, 4.69) is 0 Å². The van der Waals surface area contributed by atoms with Crippen LogP contribution in [0, 0.1) is 24.4 Å². The SMILES string of the molecule is Cc1c(C(=O)c2cccc(F)c2F)oc2cc(F)ccc12. The van der Waals surface area contributed by atoms with Gasteiger partial charge in [-0.15, -0.1) is 0 Å². The first-order chi connectivity index (χ1) is 9.99. The van der Waals surface area contributed by atoms with Gasteiger partial charge in [0.25, 0.3) is 0 Å². The molecule has 2 nitrogen and oxygen atoms in total. The molecule has 1 aromatic heterocycles. The molecule has 0 saturated heterocycles. The van der Waals surface area contributed by atoms with E-state index in [0.29, 0.717) is 10.9 Å². The maximum atomic E-state index is 13.7. The lowest BCUT2D eigenvalue weighted by atomic mass is 10.0. The van der Waals surface area contributed by atoms with Gasteiger partial charge < -0.3 is 4.42 Å². The number of aryl methyl sites for hydroxylation is 1. The molecule has 0 spiro atoms. The van der Waals surface area contributed by atoms with Crippen LogP contribution < -0.4 is 0 Å². The Morgan fingerprint density at radius 2 is 1.86 bits per heavy atom. The van der Waals surface area contributed by atoms with Crippen molar-refractivity contribution in [3.05, 3.63) is 70.7 Å². The Kier molecular flexibility index (Phi) is 3.05. The number of benzene rings is 2. The fourth-order valence-electron chi connectivity index (χ4n) is 2.22. The van der Waals surface area contributed by atoms with Gasteiger partial charge in [-0.05, 0) is 31.2 Å². The quantitative estimate of drug-likeness (QED) is 0.655. The fourth-order valence-corrected chi connectivity index (χ4v) is 2.22. The number of hydrogen-bond donors (Lipinski definition) is 0. The summed E-state index contributed by atoms with van der Waals surface area (Å²) in [7, 11) is 0. The molecule has 0 aliphatic carbocycles. The van der Waals surface area contributed by atoms with E-state index in [1.165, 1.54) is 24.3 Å². The van der Waals surface area contributed by atoms with Crippen molar-refractivity contribution in [3.8, 4) is 0 Å². The van der Waals surface area contributed by atoms with Gasteiger partial charge in [-0.25, -0.2) is 13.2 Å². The minimum Gasteiger partial charge on any atom is -0.452 e. The molecule has 0 bridgehead atoms. The van der Waals surface area contributed by atoms with Crippen LogP contribution in [-0.2, 0) is 0 Å². The summed E-state index contributed by atoms with van der Waals surface area (Å²) in [5.74, 6) is -3.75. The zero-order chi connectivity index (χ0) is 15.1. The topological polar surface area (TPSA) is 30.2 Å². The first-order valence-corrected chi connectivity index (χ1v) is 6.16. The summed E-state index contributed by atoms with van der Waals surface area (Å²) in [5.41, 5.74) is 0.226. The lowest BCUT2D eigenvalue weighted by molar-refractivity contribution is 0.101. The highest BCUT2D eigenvalue weighted by Crippen LogP contribution is 2.28. The van der Waals surface area contributed by atoms with Crippen molar-refractivity contribution in [1.29, 1.82) is 0 Å². The number of halogens is 3. The zero-order valence-electron chi connectivity index (χ0n) is 10.9. The highest BCUT2D eigenvalue weighted by atomic mass is 19.2. The number of fused-ring (bicyclic) bond motifs is 1. The van der Waals surface area contributed by atoms with E-state index in [1.54, 1.807) is 6.92 Å². The molecular formula is C16H9F3O2. The van der Waals surface area contributed by atoms with Crippen LogP contribution in [-0.4, -0.2) is 5.78 Å². The normalized spacial score (nSPS) is 11.0. The van der Waals surface area contributed by atoms with Crippen LogP contribution in [0.2, 0.25) is 0 Å². The van der Waals surface area contributed by atoms with E-state index in [1.807, 2.05) is 0 Å². The fraction of sp³-hybridized carbons (Fsp3) is 0.0625. The van der Waals surface area contributed by atoms with E-state index in [-0.39, 0.29) is 11.3 Å². The average molecular weight is 290 g/mol. The minimum atomic E-state index is -1.23. The van der Waals surface area contributed by atoms with E-state index in [9.17, 15) is 18.0 Å². The van der Waals surface area contributed by atoms with Gasteiger partial charge in [-0.3, -0.25) is 4.79 Å². The van der Waals surface area contributed by atoms with Crippen LogP contribution in [0.25, 0.3) is 11.0 Å². The summed E-state index contributed by atoms with van der Waals surface area (Å²) in [6.07, 6.45) is 0. The van der Waals surface area contributed by atoms with Gasteiger partial charge in [-0.1, -0.05) is 6.07 Å². The molecule has 0 atom stereocenters. The highest BCUT2D eigenvalue weighted by Gasteiger charge is 2.23. The summed E-state index contributed by atoms with van der Waals surface area (Å²) >= 11 is 0. The number of carbonyl (C=O) groups excluding carboxylic acids is 1. The molecule has 0 N–H and O–H groups in total. The molecule has 1 heterocycles. The Hall–Kier alpha value is -2.56. The molecule has 21 heavy (non-hydrogen) atoms. The number of furan rings is 1. The molecule has 0 amide bonds. The smallest absolute Gasteiger partial charge is 0.231 e. The third kappa shape index (κ3) is 2.11. The van der Waals surface area contributed by atoms with Gasteiger partial charge in [-0.2, -0.15) is 0 Å². The monoisotopic (exact) mass is 290 g/mol. The predicted molar refractivity (Wildman–Crippen MR) is 70.7 cm³/mol. The molecule has 2 aromatic carbocycles. The lowest BCUT2D eigenvalue weighted by Gasteiger charge is -2.01. The Labute approximate surface area is 117 Å². The van der Waals surface area contributed by atoms with Crippen molar-refractivity contribution < 1.29 is 22.4 Å². The lowest BCUT2D eigenvalue weighted by Crippen LogP contribution is -2.06. The average Bonchev–Trinajstić information content (AvgIpc) is 2.78. The van der Waals surface area contributed by atoms with Gasteiger partial charge in [0.05, 0.1) is 5.56 Å². The number of carbonyl (C=O) groups is 1. The summed E-state index contributed by atoms with van der Waals surface area (Å²) in [4.78, 5) is 12.3. The van der Waals surface area contributed by atoms with Crippen molar-refractivity contribution in [3.63, 3.8) is 0 Å². The molecule has 3 rings (SSSR count). The highest BCUT2D eigenvalue weighted by molar-refractivity contribution is 6.10. The van der Waals surface area contributed by atoms with E-state index in [0.717, 1.165) is 12.1 Å². The molecule has 0 saturated carbocycles. The van der Waals surface area contributed by atoms with Crippen LogP contribution in [0.1, 0.15) is 21.7 Å². The largest absolute Gasteiger partial charge is 0.452 e. The van der Waals surface area contributed by atoms with Crippen molar-refractivity contribution in [1.82, 2.24) is 0 Å². The van der Waals surface area contributed by atoms with Crippen LogP contribution >= 0.6 is 0 Å². The molecule has 5 heteroatoms. The van der Waals surface area contributed by atoms with Gasteiger partial charge in [0.2, 0.25) is 5.78 Å². The number of ketones is 1. The minimum absolute atomic E-state index is 0.125. The maximum absolute atomic E-state index is 13.7. The van der Waals surface area contributed by atoms with Crippen molar-refractivity contribution in [2.75, 3.05) is 0 Å². The van der Waals surface area contributed by atoms with Gasteiger partial charge in [0.1, 0.15) is 11.4 Å². The molecule has 0 aliphatic heterocycles. The zero-order valence-corrected chi connectivity index (χ0v) is 10.9. The van der Waals surface area contributed by atoms with Crippen LogP contribution in [0.15, 0.2) is 40.8 Å². The number of rotatable bonds is 2. The third-order valence-corrected chi connectivity index (χ3v) is 3.30. The summed E-state index contributed by atoms with van der Waals surface area (Å²) < 4.78 is 45.4. The standard InChI is InChI=1S/C16H9F3O2/c1-8-10-6-5-9(17)7-13(10)21-16(8)15(20)11-3-2-4-12(18)14(11)19/h2-7H,1H3. The number of hydrogen-bond acceptors (Lipinski definition) is 2. The third-order valence-electron chi connectivity index (χ3n) is 3.30. The molecular weight excluding hydrogens is 281 g/mol. The first kappa shape index (κ1) is 13.4. The van der Waals surface area contributed by atoms with E-state index >= 15 is 0 Å². The second-order valence-corrected chi connectivity index (χ2v) is 4.63. The molecule has 0 unspecified atom stereocenters. The Morgan fingerprint density at radius 3 is 2.62 bits per heavy atom. The molecule has 0 fully saturated rings. The first-order valence-electron chi connectivity index (χ1n) is 6.16. The molecule has 0 aliphatic rings. The Balaban J connectivity index is 2.18. The summed E-state index contributed by atoms with van der Waals surface area (Å²) in [6.45, 7) is 1.61. The molecule has 0 radical (unpaired) electrons. The van der Waals surface area contributed by atoms with Crippen molar-refractivity contribution in [2.45, 2.75) is 6.92 Å². The summed E-state index contributed by atoms with van der Waals surface area (Å²) in [6, 6.07) is 7.19. The van der Waals surface area contributed by atoms with Gasteiger partial charge in [0, 0.05) is 17.0 Å². The van der Waals surface area contributed by atoms with Crippen molar-refractivity contribution in [2.24, 2.45) is 0 Å². The van der Waals surface area contributed by atoms with Crippen LogP contribution in [0.4, 0.5) is 13.2 Å². The van der Waals surface area contributed by atoms with E-state index < -0.39 is 28.8 Å². The molecule has 106 valence electrons. The summed E-state index contributed by atoms with van der Waals surface area (Å²) in [5, 5.41) is 0.552. The van der Waals surface area contributed by atoms with Crippen LogP contribution in [0.5, 0.6) is 0 Å². The molecule has 3 aromatic rings. The van der Waals surface area contributed by atoms with Crippen molar-refractivity contribution >= 4 is 16.8 Å². The van der Waals surface area contributed by atoms with Gasteiger partial charge >= 0.3 is 0 Å². The Morgan fingerprint density at radius 1 is 1.10 bits per heavy atom. The van der Waals surface area contributed by atoms with E-state index in [4.69, 9.17) is 4.42 Å². The second kappa shape index (κ2) is 4.77.